The van der Waals surface area contributed by atoms with Gasteiger partial charge >= 0.3 is 0 Å². The highest BCUT2D eigenvalue weighted by atomic mass is 15.1. The van der Waals surface area contributed by atoms with E-state index < -0.39 is 0 Å². The number of hydrogen-bond donors (Lipinski definition) is 0. The topological polar surface area (TPSA) is 17.8 Å². The Bertz CT molecular complexity index is 1090. The molecule has 0 amide bonds. The Morgan fingerprint density at radius 1 is 0.703 bits per heavy atom. The van der Waals surface area contributed by atoms with Crippen molar-refractivity contribution in [1.82, 2.24) is 9.55 Å². The van der Waals surface area contributed by atoms with Gasteiger partial charge < -0.3 is 4.57 Å². The van der Waals surface area contributed by atoms with Crippen molar-refractivity contribution in [3.8, 4) is 11.4 Å². The summed E-state index contributed by atoms with van der Waals surface area (Å²) in [7, 11) is 5.63. The van der Waals surface area contributed by atoms with Crippen molar-refractivity contribution in [2.45, 2.75) is 71.2 Å². The third-order valence-electron chi connectivity index (χ3n) is 6.49. The van der Waals surface area contributed by atoms with Crippen molar-refractivity contribution in [3.63, 3.8) is 0 Å². The molecule has 0 spiro atoms. The monoisotopic (exact) mass is 488 g/mol. The zero-order chi connectivity index (χ0) is 26.0. The van der Waals surface area contributed by atoms with Gasteiger partial charge in [-0.25, -0.2) is 4.98 Å². The fourth-order valence-electron chi connectivity index (χ4n) is 4.51. The van der Waals surface area contributed by atoms with Crippen LogP contribution < -0.4 is 0 Å². The Hall–Kier alpha value is -3.33. The molecule has 2 radical (unpaired) electrons. The molecule has 0 saturated heterocycles. The summed E-state index contributed by atoms with van der Waals surface area (Å²) in [4.78, 5) is 4.50. The molecule has 1 aromatic heterocycles. The van der Waals surface area contributed by atoms with Gasteiger partial charge in [0, 0.05) is 24.5 Å². The second kappa shape index (κ2) is 17.2. The van der Waals surface area contributed by atoms with E-state index in [2.05, 4.69) is 83.3 Å². The van der Waals surface area contributed by atoms with Crippen LogP contribution in [0.4, 0.5) is 0 Å². The third-order valence-corrected chi connectivity index (χ3v) is 6.49. The molecule has 0 fully saturated rings. The van der Waals surface area contributed by atoms with E-state index in [1.807, 2.05) is 42.6 Å². The number of allylic oxidation sites excluding steroid dienone is 1. The van der Waals surface area contributed by atoms with E-state index in [9.17, 15) is 0 Å². The van der Waals surface area contributed by atoms with E-state index in [0.29, 0.717) is 6.32 Å². The van der Waals surface area contributed by atoms with Crippen LogP contribution in [-0.2, 0) is 6.54 Å². The van der Waals surface area contributed by atoms with Crippen LogP contribution in [0.3, 0.4) is 0 Å². The van der Waals surface area contributed by atoms with E-state index in [4.69, 9.17) is 7.85 Å². The van der Waals surface area contributed by atoms with Crippen LogP contribution in [0, 0.1) is 0 Å². The number of hydrogen-bond acceptors (Lipinski definition) is 1. The molecule has 0 saturated carbocycles. The molecule has 0 atom stereocenters. The first kappa shape index (κ1) is 28.2. The number of nitrogens with zero attached hydrogens (tertiary/aromatic N) is 2. The van der Waals surface area contributed by atoms with Gasteiger partial charge in [-0.1, -0.05) is 155 Å². The maximum Gasteiger partial charge on any atom is 0.139 e. The fraction of sp³-hybridized carbons (Fsp3) is 0.324. The summed E-state index contributed by atoms with van der Waals surface area (Å²) in [5.41, 5.74) is 4.82. The maximum absolute atomic E-state index is 5.63. The minimum absolute atomic E-state index is 0.555. The number of benzene rings is 3. The number of unbranched alkanes of at least 4 members (excludes halogenated alkanes) is 7. The van der Waals surface area contributed by atoms with Crippen molar-refractivity contribution in [2.75, 3.05) is 0 Å². The van der Waals surface area contributed by atoms with Gasteiger partial charge in [-0.15, -0.1) is 0 Å². The second-order valence-electron chi connectivity index (χ2n) is 9.37. The molecule has 4 aromatic rings. The standard InChI is InChI=1S/C19H28N2.C15H13B/c1-2-3-4-5-6-7-8-12-16-21-17-15-20-19(21)18-13-10-9-11-14-18;16-12-11-15(13-7-3-1-4-8-13)14-9-5-2-6-10-14/h9-11,13-15,17H,2-8,12,16H2,1H3;1-11H,12H2. The Balaban J connectivity index is 0.000000213. The number of rotatable bonds is 13. The van der Waals surface area contributed by atoms with Crippen molar-refractivity contribution in [1.29, 1.82) is 0 Å². The van der Waals surface area contributed by atoms with Crippen LogP contribution in [0.25, 0.3) is 17.0 Å². The molecule has 3 aromatic carbocycles. The number of aryl methyl sites for hydroxylation is 1. The summed E-state index contributed by atoms with van der Waals surface area (Å²) in [5.74, 6) is 1.10. The van der Waals surface area contributed by atoms with Crippen molar-refractivity contribution in [2.24, 2.45) is 0 Å². The number of aromatic nitrogens is 2. The normalized spacial score (nSPS) is 10.4. The van der Waals surface area contributed by atoms with Gasteiger partial charge in [-0.3, -0.25) is 0 Å². The molecule has 1 heterocycles. The van der Waals surface area contributed by atoms with Crippen LogP contribution in [0.1, 0.15) is 69.4 Å². The van der Waals surface area contributed by atoms with Gasteiger partial charge in [0.25, 0.3) is 0 Å². The summed E-state index contributed by atoms with van der Waals surface area (Å²) in [6.45, 7) is 3.36. The van der Waals surface area contributed by atoms with Gasteiger partial charge in [-0.05, 0) is 23.1 Å². The molecule has 3 heteroatoms. The van der Waals surface area contributed by atoms with Crippen LogP contribution >= 0.6 is 0 Å². The van der Waals surface area contributed by atoms with Gasteiger partial charge in [0.2, 0.25) is 0 Å². The van der Waals surface area contributed by atoms with Crippen LogP contribution in [0.5, 0.6) is 0 Å². The third kappa shape index (κ3) is 9.92. The average Bonchev–Trinajstić information content (AvgIpc) is 3.43. The summed E-state index contributed by atoms with van der Waals surface area (Å²) in [6, 6.07) is 31.1. The molecule has 0 aliphatic rings. The van der Waals surface area contributed by atoms with Crippen molar-refractivity contribution >= 4 is 13.4 Å². The molecule has 0 unspecified atom stereocenters. The summed E-state index contributed by atoms with van der Waals surface area (Å²) in [6.07, 6.45) is 17.5. The highest BCUT2D eigenvalue weighted by Gasteiger charge is 2.05. The minimum atomic E-state index is 0.555. The van der Waals surface area contributed by atoms with E-state index in [0.717, 1.165) is 12.4 Å². The van der Waals surface area contributed by atoms with Gasteiger partial charge in [-0.2, -0.15) is 0 Å². The van der Waals surface area contributed by atoms with E-state index in [1.54, 1.807) is 0 Å². The quantitative estimate of drug-likeness (QED) is 0.135. The zero-order valence-corrected chi connectivity index (χ0v) is 22.4. The predicted octanol–water partition coefficient (Wildman–Crippen LogP) is 9.40. The Morgan fingerprint density at radius 2 is 1.22 bits per heavy atom. The molecule has 0 N–H and O–H groups in total. The van der Waals surface area contributed by atoms with Gasteiger partial charge in [0.15, 0.2) is 0 Å². The molecule has 0 bridgehead atoms. The highest BCUT2D eigenvalue weighted by molar-refractivity contribution is 6.10. The summed E-state index contributed by atoms with van der Waals surface area (Å²) >= 11 is 0. The van der Waals surface area contributed by atoms with E-state index >= 15 is 0 Å². The summed E-state index contributed by atoms with van der Waals surface area (Å²) < 4.78 is 2.28. The van der Waals surface area contributed by atoms with Gasteiger partial charge in [0.05, 0.1) is 7.85 Å². The zero-order valence-electron chi connectivity index (χ0n) is 22.4. The highest BCUT2D eigenvalue weighted by Crippen LogP contribution is 2.23. The first-order chi connectivity index (χ1) is 18.3. The summed E-state index contributed by atoms with van der Waals surface area (Å²) in [5, 5.41) is 0. The predicted molar refractivity (Wildman–Crippen MR) is 161 cm³/mol. The fourth-order valence-corrected chi connectivity index (χ4v) is 4.51. The Morgan fingerprint density at radius 3 is 1.76 bits per heavy atom. The largest absolute Gasteiger partial charge is 0.331 e. The Labute approximate surface area is 225 Å². The number of imidazole rings is 1. The van der Waals surface area contributed by atoms with Crippen molar-refractivity contribution < 1.29 is 0 Å². The van der Waals surface area contributed by atoms with Crippen LogP contribution in [-0.4, -0.2) is 17.4 Å². The van der Waals surface area contributed by atoms with Crippen LogP contribution in [0.2, 0.25) is 6.32 Å². The first-order valence-electron chi connectivity index (χ1n) is 13.9. The maximum atomic E-state index is 5.63. The first-order valence-corrected chi connectivity index (χ1v) is 13.9. The average molecular weight is 489 g/mol. The molecular weight excluding hydrogens is 447 g/mol. The van der Waals surface area contributed by atoms with Gasteiger partial charge in [0.1, 0.15) is 5.82 Å². The van der Waals surface area contributed by atoms with E-state index in [-0.39, 0.29) is 0 Å². The molecule has 2 nitrogen and oxygen atoms in total. The SMILES string of the molecule is CCCCCCCCCCn1ccnc1-c1ccccc1.[B]CC=C(c1ccccc1)c1ccccc1. The molecule has 4 rings (SSSR count). The molecule has 0 aliphatic carbocycles. The lowest BCUT2D eigenvalue weighted by molar-refractivity contribution is 0.545. The second-order valence-corrected chi connectivity index (χ2v) is 9.37. The molecule has 0 aliphatic heterocycles. The lowest BCUT2D eigenvalue weighted by Gasteiger charge is -2.08. The smallest absolute Gasteiger partial charge is 0.139 e. The molecular formula is C34H41BN2. The molecule has 37 heavy (non-hydrogen) atoms. The van der Waals surface area contributed by atoms with Crippen molar-refractivity contribution in [3.05, 3.63) is 121 Å². The minimum Gasteiger partial charge on any atom is -0.331 e. The lowest BCUT2D eigenvalue weighted by atomic mass is 9.93. The van der Waals surface area contributed by atoms with E-state index in [1.165, 1.54) is 73.6 Å². The molecule has 190 valence electrons. The lowest BCUT2D eigenvalue weighted by Crippen LogP contribution is -1.99. The Kier molecular flexibility index (Phi) is 13.1. The van der Waals surface area contributed by atoms with Crippen LogP contribution in [0.15, 0.2) is 109 Å².